The maximum Gasteiger partial charge on any atom is 0.243 e. The van der Waals surface area contributed by atoms with Crippen molar-refractivity contribution in [1.82, 2.24) is 14.3 Å². The highest BCUT2D eigenvalue weighted by atomic mass is 32.2. The predicted molar refractivity (Wildman–Crippen MR) is 108 cm³/mol. The average Bonchev–Trinajstić information content (AvgIpc) is 2.63. The van der Waals surface area contributed by atoms with Gasteiger partial charge in [0.1, 0.15) is 17.5 Å². The van der Waals surface area contributed by atoms with Crippen LogP contribution >= 0.6 is 0 Å². The Labute approximate surface area is 161 Å². The number of hydrogen-bond donors (Lipinski definition) is 0. The van der Waals surface area contributed by atoms with Gasteiger partial charge in [-0.15, -0.1) is 0 Å². The minimum atomic E-state index is -3.47. The smallest absolute Gasteiger partial charge is 0.243 e. The standard InChI is InChI=1S/C19H27N5O2S/c1-14-6-7-17(12-15(14)2)27(25,26)24-10-8-23(9-11-24)19-13-18(22(4)5)20-16(3)21-19/h6-7,12-13H,8-11H2,1-5H3. The number of hydrogen-bond acceptors (Lipinski definition) is 6. The van der Waals surface area contributed by atoms with Gasteiger partial charge in [0, 0.05) is 46.3 Å². The van der Waals surface area contributed by atoms with Crippen LogP contribution in [0.25, 0.3) is 0 Å². The monoisotopic (exact) mass is 389 g/mol. The fourth-order valence-corrected chi connectivity index (χ4v) is 4.62. The summed E-state index contributed by atoms with van der Waals surface area (Å²) >= 11 is 0. The molecule has 1 aliphatic heterocycles. The number of nitrogens with zero attached hydrogens (tertiary/aromatic N) is 5. The maximum atomic E-state index is 13.0. The number of aromatic nitrogens is 2. The molecule has 0 atom stereocenters. The molecule has 0 amide bonds. The second-order valence-electron chi connectivity index (χ2n) is 7.16. The normalized spacial score (nSPS) is 15.8. The third-order valence-corrected chi connectivity index (χ3v) is 6.84. The lowest BCUT2D eigenvalue weighted by Gasteiger charge is -2.35. The SMILES string of the molecule is Cc1nc(N(C)C)cc(N2CCN(S(=O)(=O)c3ccc(C)c(C)c3)CC2)n1. The highest BCUT2D eigenvalue weighted by Crippen LogP contribution is 2.23. The number of sulfonamides is 1. The zero-order chi connectivity index (χ0) is 19.8. The van der Waals surface area contributed by atoms with Crippen LogP contribution in [0.15, 0.2) is 29.2 Å². The topological polar surface area (TPSA) is 69.6 Å². The van der Waals surface area contributed by atoms with E-state index in [2.05, 4.69) is 14.9 Å². The lowest BCUT2D eigenvalue weighted by atomic mass is 10.1. The second kappa shape index (κ2) is 7.44. The molecule has 0 aliphatic carbocycles. The molecule has 0 radical (unpaired) electrons. The molecule has 27 heavy (non-hydrogen) atoms. The van der Waals surface area contributed by atoms with Crippen molar-refractivity contribution >= 4 is 21.7 Å². The van der Waals surface area contributed by atoms with Gasteiger partial charge in [-0.05, 0) is 44.0 Å². The van der Waals surface area contributed by atoms with E-state index in [1.807, 2.05) is 51.9 Å². The minimum absolute atomic E-state index is 0.367. The van der Waals surface area contributed by atoms with Crippen LogP contribution in [0.5, 0.6) is 0 Å². The molecule has 1 aromatic carbocycles. The van der Waals surface area contributed by atoms with Crippen LogP contribution in [0.3, 0.4) is 0 Å². The number of piperazine rings is 1. The van der Waals surface area contributed by atoms with Crippen molar-refractivity contribution in [3.8, 4) is 0 Å². The Balaban J connectivity index is 1.76. The van der Waals surface area contributed by atoms with Gasteiger partial charge in [0.05, 0.1) is 4.90 Å². The average molecular weight is 390 g/mol. The van der Waals surface area contributed by atoms with E-state index in [9.17, 15) is 8.42 Å². The molecule has 8 heteroatoms. The van der Waals surface area contributed by atoms with Gasteiger partial charge in [-0.3, -0.25) is 0 Å². The summed E-state index contributed by atoms with van der Waals surface area (Å²) in [6.45, 7) is 7.88. The van der Waals surface area contributed by atoms with E-state index in [4.69, 9.17) is 0 Å². The van der Waals surface area contributed by atoms with E-state index >= 15 is 0 Å². The van der Waals surface area contributed by atoms with Crippen molar-refractivity contribution in [2.75, 3.05) is 50.1 Å². The molecule has 2 aromatic rings. The molecule has 7 nitrogen and oxygen atoms in total. The highest BCUT2D eigenvalue weighted by Gasteiger charge is 2.29. The summed E-state index contributed by atoms with van der Waals surface area (Å²) in [7, 11) is 0.417. The summed E-state index contributed by atoms with van der Waals surface area (Å²) in [5.41, 5.74) is 2.08. The summed E-state index contributed by atoms with van der Waals surface area (Å²) in [5, 5.41) is 0. The van der Waals surface area contributed by atoms with E-state index in [0.717, 1.165) is 22.8 Å². The molecular weight excluding hydrogens is 362 g/mol. The predicted octanol–water partition coefficient (Wildman–Crippen LogP) is 1.98. The summed E-state index contributed by atoms with van der Waals surface area (Å²) in [5.74, 6) is 2.40. The Morgan fingerprint density at radius 3 is 2.19 bits per heavy atom. The third kappa shape index (κ3) is 4.06. The van der Waals surface area contributed by atoms with Crippen LogP contribution in [-0.4, -0.2) is 63.0 Å². The molecular formula is C19H27N5O2S. The first-order valence-electron chi connectivity index (χ1n) is 9.04. The van der Waals surface area contributed by atoms with Gasteiger partial charge < -0.3 is 9.80 Å². The lowest BCUT2D eigenvalue weighted by molar-refractivity contribution is 0.383. The number of benzene rings is 1. The van der Waals surface area contributed by atoms with Crippen LogP contribution in [0.4, 0.5) is 11.6 Å². The van der Waals surface area contributed by atoms with Gasteiger partial charge in [0.2, 0.25) is 10.0 Å². The van der Waals surface area contributed by atoms with Gasteiger partial charge in [-0.25, -0.2) is 18.4 Å². The van der Waals surface area contributed by atoms with Gasteiger partial charge >= 0.3 is 0 Å². The Bertz CT molecular complexity index is 935. The van der Waals surface area contributed by atoms with Crippen LogP contribution in [0.1, 0.15) is 17.0 Å². The highest BCUT2D eigenvalue weighted by molar-refractivity contribution is 7.89. The summed E-state index contributed by atoms with van der Waals surface area (Å²) < 4.78 is 27.5. The third-order valence-electron chi connectivity index (χ3n) is 4.95. The van der Waals surface area contributed by atoms with Gasteiger partial charge in [0.25, 0.3) is 0 Å². The Kier molecular flexibility index (Phi) is 5.39. The van der Waals surface area contributed by atoms with Crippen molar-refractivity contribution in [2.45, 2.75) is 25.7 Å². The Hall–Kier alpha value is -2.19. The summed E-state index contributed by atoms with van der Waals surface area (Å²) in [6, 6.07) is 7.26. The fourth-order valence-electron chi connectivity index (χ4n) is 3.11. The van der Waals surface area contributed by atoms with E-state index in [0.29, 0.717) is 36.9 Å². The molecule has 1 aliphatic rings. The Morgan fingerprint density at radius 1 is 0.926 bits per heavy atom. The molecule has 1 saturated heterocycles. The van der Waals surface area contributed by atoms with E-state index in [-0.39, 0.29) is 0 Å². The molecule has 0 bridgehead atoms. The zero-order valence-electron chi connectivity index (χ0n) is 16.6. The van der Waals surface area contributed by atoms with Gasteiger partial charge in [-0.1, -0.05) is 6.07 Å². The van der Waals surface area contributed by atoms with Gasteiger partial charge in [0.15, 0.2) is 0 Å². The van der Waals surface area contributed by atoms with Crippen LogP contribution in [0.2, 0.25) is 0 Å². The summed E-state index contributed by atoms with van der Waals surface area (Å²) in [4.78, 5) is 13.4. The number of anilines is 2. The molecule has 0 spiro atoms. The Morgan fingerprint density at radius 2 is 1.59 bits per heavy atom. The van der Waals surface area contributed by atoms with Crippen molar-refractivity contribution in [1.29, 1.82) is 0 Å². The molecule has 146 valence electrons. The van der Waals surface area contributed by atoms with E-state index in [1.54, 1.807) is 16.4 Å². The first-order valence-corrected chi connectivity index (χ1v) is 10.5. The molecule has 3 rings (SSSR count). The lowest BCUT2D eigenvalue weighted by Crippen LogP contribution is -2.49. The maximum absolute atomic E-state index is 13.0. The van der Waals surface area contributed by atoms with Crippen molar-refractivity contribution in [3.63, 3.8) is 0 Å². The summed E-state index contributed by atoms with van der Waals surface area (Å²) in [6.07, 6.45) is 0. The minimum Gasteiger partial charge on any atom is -0.363 e. The van der Waals surface area contributed by atoms with Crippen LogP contribution < -0.4 is 9.80 Å². The van der Waals surface area contributed by atoms with Gasteiger partial charge in [-0.2, -0.15) is 4.31 Å². The first kappa shape index (κ1) is 19.6. The quantitative estimate of drug-likeness (QED) is 0.796. The second-order valence-corrected chi connectivity index (χ2v) is 9.10. The van der Waals surface area contributed by atoms with Crippen molar-refractivity contribution in [3.05, 3.63) is 41.2 Å². The van der Waals surface area contributed by atoms with Crippen LogP contribution in [-0.2, 0) is 10.0 Å². The molecule has 0 N–H and O–H groups in total. The molecule has 0 unspecified atom stereocenters. The zero-order valence-corrected chi connectivity index (χ0v) is 17.4. The van der Waals surface area contributed by atoms with Crippen molar-refractivity contribution < 1.29 is 8.42 Å². The molecule has 1 fully saturated rings. The molecule has 1 aromatic heterocycles. The number of rotatable bonds is 4. The largest absolute Gasteiger partial charge is 0.363 e. The molecule has 0 saturated carbocycles. The fraction of sp³-hybridized carbons (Fsp3) is 0.474. The molecule has 2 heterocycles. The van der Waals surface area contributed by atoms with Crippen LogP contribution in [0, 0.1) is 20.8 Å². The first-order chi connectivity index (χ1) is 12.7. The van der Waals surface area contributed by atoms with E-state index in [1.165, 1.54) is 0 Å². The number of aryl methyl sites for hydroxylation is 3. The van der Waals surface area contributed by atoms with E-state index < -0.39 is 10.0 Å². The van der Waals surface area contributed by atoms with Crippen molar-refractivity contribution in [2.24, 2.45) is 0 Å².